The van der Waals surface area contributed by atoms with E-state index in [1.165, 1.54) is 17.4 Å². The largest absolute Gasteiger partial charge is 0.339 e. The molecule has 0 aliphatic carbocycles. The first-order valence-electron chi connectivity index (χ1n) is 7.60. The van der Waals surface area contributed by atoms with Crippen LogP contribution in [-0.4, -0.2) is 23.9 Å². The summed E-state index contributed by atoms with van der Waals surface area (Å²) in [5.41, 5.74) is 2.16. The van der Waals surface area contributed by atoms with Crippen LogP contribution >= 0.6 is 0 Å². The Bertz CT molecular complexity index is 626. The number of piperidine rings is 1. The van der Waals surface area contributed by atoms with Gasteiger partial charge < -0.3 is 4.90 Å². The minimum absolute atomic E-state index is 0.186. The number of carbonyl (C=O) groups is 1. The molecule has 1 heterocycles. The van der Waals surface area contributed by atoms with Crippen LogP contribution in [-0.2, 0) is 6.42 Å². The maximum absolute atomic E-state index is 12.5. The molecule has 3 rings (SSSR count). The first kappa shape index (κ1) is 13.2. The number of fused-ring (bicyclic) bond motifs is 1. The Morgan fingerprint density at radius 2 is 1.70 bits per heavy atom. The summed E-state index contributed by atoms with van der Waals surface area (Å²) < 4.78 is 0. The van der Waals surface area contributed by atoms with Gasteiger partial charge in [-0.05, 0) is 54.2 Å². The third kappa shape index (κ3) is 2.55. The Hall–Kier alpha value is -1.83. The van der Waals surface area contributed by atoms with Gasteiger partial charge in [-0.2, -0.15) is 0 Å². The number of hydrogen-bond acceptors (Lipinski definition) is 1. The van der Waals surface area contributed by atoms with Crippen molar-refractivity contribution in [3.63, 3.8) is 0 Å². The molecular weight excluding hydrogens is 246 g/mol. The van der Waals surface area contributed by atoms with Gasteiger partial charge in [0, 0.05) is 18.7 Å². The standard InChI is InChI=1S/C18H21NO/c1-2-14-6-7-16-13-17(9-8-15(16)12-14)18(20)19-10-4-3-5-11-19/h6-9,12-13H,2-5,10-11H2,1H3. The molecule has 104 valence electrons. The van der Waals surface area contributed by atoms with Crippen LogP contribution in [0.25, 0.3) is 10.8 Å². The van der Waals surface area contributed by atoms with Crippen molar-refractivity contribution < 1.29 is 4.79 Å². The summed E-state index contributed by atoms with van der Waals surface area (Å²) in [7, 11) is 0. The number of benzene rings is 2. The molecule has 1 amide bonds. The van der Waals surface area contributed by atoms with Crippen molar-refractivity contribution in [3.05, 3.63) is 47.5 Å². The predicted octanol–water partition coefficient (Wildman–Crippen LogP) is 4.03. The Balaban J connectivity index is 1.90. The second-order valence-corrected chi connectivity index (χ2v) is 5.60. The van der Waals surface area contributed by atoms with Crippen LogP contribution in [0.15, 0.2) is 36.4 Å². The molecule has 1 aliphatic rings. The highest BCUT2D eigenvalue weighted by atomic mass is 16.2. The van der Waals surface area contributed by atoms with E-state index in [1.807, 2.05) is 17.0 Å². The molecule has 1 saturated heterocycles. The van der Waals surface area contributed by atoms with Gasteiger partial charge in [0.25, 0.3) is 5.91 Å². The van der Waals surface area contributed by atoms with E-state index in [9.17, 15) is 4.79 Å². The number of rotatable bonds is 2. The van der Waals surface area contributed by atoms with Crippen LogP contribution < -0.4 is 0 Å². The third-order valence-electron chi connectivity index (χ3n) is 4.20. The Morgan fingerprint density at radius 1 is 1.00 bits per heavy atom. The van der Waals surface area contributed by atoms with Gasteiger partial charge in [-0.25, -0.2) is 0 Å². The second-order valence-electron chi connectivity index (χ2n) is 5.60. The lowest BCUT2D eigenvalue weighted by Gasteiger charge is -2.26. The van der Waals surface area contributed by atoms with E-state index in [0.717, 1.165) is 43.3 Å². The van der Waals surface area contributed by atoms with Gasteiger partial charge in [-0.3, -0.25) is 4.79 Å². The fourth-order valence-corrected chi connectivity index (χ4v) is 2.93. The van der Waals surface area contributed by atoms with Crippen molar-refractivity contribution in [2.45, 2.75) is 32.6 Å². The molecule has 0 unspecified atom stereocenters. The SMILES string of the molecule is CCc1ccc2cc(C(=O)N3CCCCC3)ccc2c1. The first-order chi connectivity index (χ1) is 9.78. The fourth-order valence-electron chi connectivity index (χ4n) is 2.93. The van der Waals surface area contributed by atoms with E-state index in [-0.39, 0.29) is 5.91 Å². The zero-order valence-corrected chi connectivity index (χ0v) is 12.1. The van der Waals surface area contributed by atoms with Crippen molar-refractivity contribution in [2.75, 3.05) is 13.1 Å². The van der Waals surface area contributed by atoms with Gasteiger partial charge in [0.2, 0.25) is 0 Å². The average Bonchev–Trinajstić information content (AvgIpc) is 2.54. The van der Waals surface area contributed by atoms with Crippen molar-refractivity contribution in [1.29, 1.82) is 0 Å². The highest BCUT2D eigenvalue weighted by Gasteiger charge is 2.18. The minimum Gasteiger partial charge on any atom is -0.339 e. The van der Waals surface area contributed by atoms with E-state index >= 15 is 0 Å². The zero-order chi connectivity index (χ0) is 13.9. The van der Waals surface area contributed by atoms with E-state index in [0.29, 0.717) is 0 Å². The summed E-state index contributed by atoms with van der Waals surface area (Å²) in [5, 5.41) is 2.38. The Labute approximate surface area is 120 Å². The molecule has 0 bridgehead atoms. The topological polar surface area (TPSA) is 20.3 Å². The number of amides is 1. The van der Waals surface area contributed by atoms with E-state index < -0.39 is 0 Å². The normalized spacial score (nSPS) is 15.6. The van der Waals surface area contributed by atoms with Crippen LogP contribution in [0.2, 0.25) is 0 Å². The van der Waals surface area contributed by atoms with Crippen molar-refractivity contribution in [1.82, 2.24) is 4.90 Å². The lowest BCUT2D eigenvalue weighted by atomic mass is 10.0. The maximum Gasteiger partial charge on any atom is 0.253 e. The predicted molar refractivity (Wildman–Crippen MR) is 83.1 cm³/mol. The lowest BCUT2D eigenvalue weighted by Crippen LogP contribution is -2.35. The van der Waals surface area contributed by atoms with Gasteiger partial charge in [0.15, 0.2) is 0 Å². The first-order valence-corrected chi connectivity index (χ1v) is 7.60. The molecular formula is C18H21NO. The molecule has 0 atom stereocenters. The fraction of sp³-hybridized carbons (Fsp3) is 0.389. The quantitative estimate of drug-likeness (QED) is 0.804. The summed E-state index contributed by atoms with van der Waals surface area (Å²) in [5.74, 6) is 0.186. The maximum atomic E-state index is 12.5. The molecule has 2 heteroatoms. The molecule has 0 radical (unpaired) electrons. The van der Waals surface area contributed by atoms with Crippen LogP contribution in [0, 0.1) is 0 Å². The van der Waals surface area contributed by atoms with Gasteiger partial charge >= 0.3 is 0 Å². The van der Waals surface area contributed by atoms with Crippen LogP contribution in [0.1, 0.15) is 42.1 Å². The molecule has 0 aromatic heterocycles. The van der Waals surface area contributed by atoms with Crippen LogP contribution in [0.5, 0.6) is 0 Å². The molecule has 1 fully saturated rings. The Morgan fingerprint density at radius 3 is 2.45 bits per heavy atom. The molecule has 20 heavy (non-hydrogen) atoms. The van der Waals surface area contributed by atoms with Crippen molar-refractivity contribution in [3.8, 4) is 0 Å². The van der Waals surface area contributed by atoms with Gasteiger partial charge in [-0.1, -0.05) is 31.2 Å². The summed E-state index contributed by atoms with van der Waals surface area (Å²) in [6.45, 7) is 3.98. The van der Waals surface area contributed by atoms with Crippen molar-refractivity contribution >= 4 is 16.7 Å². The van der Waals surface area contributed by atoms with Gasteiger partial charge in [-0.15, -0.1) is 0 Å². The second kappa shape index (κ2) is 5.66. The molecule has 0 saturated carbocycles. The molecule has 2 aromatic carbocycles. The van der Waals surface area contributed by atoms with Crippen LogP contribution in [0.4, 0.5) is 0 Å². The number of aryl methyl sites for hydroxylation is 1. The summed E-state index contributed by atoms with van der Waals surface area (Å²) >= 11 is 0. The van der Waals surface area contributed by atoms with Gasteiger partial charge in [0.1, 0.15) is 0 Å². The highest BCUT2D eigenvalue weighted by molar-refractivity contribution is 5.98. The summed E-state index contributed by atoms with van der Waals surface area (Å²) in [4.78, 5) is 14.5. The zero-order valence-electron chi connectivity index (χ0n) is 12.1. The Kier molecular flexibility index (Phi) is 3.72. The number of nitrogens with zero attached hydrogens (tertiary/aromatic N) is 1. The highest BCUT2D eigenvalue weighted by Crippen LogP contribution is 2.20. The summed E-state index contributed by atoms with van der Waals surface area (Å²) in [6, 6.07) is 12.6. The molecule has 2 nitrogen and oxygen atoms in total. The van der Waals surface area contributed by atoms with E-state index in [4.69, 9.17) is 0 Å². The number of carbonyl (C=O) groups excluding carboxylic acids is 1. The smallest absolute Gasteiger partial charge is 0.253 e. The molecule has 2 aromatic rings. The minimum atomic E-state index is 0.186. The molecule has 0 spiro atoms. The van der Waals surface area contributed by atoms with Crippen LogP contribution in [0.3, 0.4) is 0 Å². The van der Waals surface area contributed by atoms with E-state index in [1.54, 1.807) is 0 Å². The summed E-state index contributed by atoms with van der Waals surface area (Å²) in [6.07, 6.45) is 4.57. The third-order valence-corrected chi connectivity index (χ3v) is 4.20. The lowest BCUT2D eigenvalue weighted by molar-refractivity contribution is 0.0724. The van der Waals surface area contributed by atoms with Gasteiger partial charge in [0.05, 0.1) is 0 Å². The number of likely N-dealkylation sites (tertiary alicyclic amines) is 1. The molecule has 1 aliphatic heterocycles. The molecule has 0 N–H and O–H groups in total. The average molecular weight is 267 g/mol. The van der Waals surface area contributed by atoms with Crippen molar-refractivity contribution in [2.24, 2.45) is 0 Å². The van der Waals surface area contributed by atoms with E-state index in [2.05, 4.69) is 31.2 Å². The number of hydrogen-bond donors (Lipinski definition) is 0. The monoisotopic (exact) mass is 267 g/mol.